The number of ether oxygens (including phenoxy) is 4. The lowest BCUT2D eigenvalue weighted by Gasteiger charge is -2.17. The first-order valence-corrected chi connectivity index (χ1v) is 11.2. The van der Waals surface area contributed by atoms with Crippen LogP contribution in [-0.2, 0) is 13.5 Å². The molecule has 1 aromatic heterocycles. The molecule has 1 heterocycles. The van der Waals surface area contributed by atoms with Crippen LogP contribution in [0.2, 0.25) is 0 Å². The molecule has 34 heavy (non-hydrogen) atoms. The van der Waals surface area contributed by atoms with Crippen LogP contribution in [0.5, 0.6) is 23.0 Å². The molecule has 0 amide bonds. The fraction of sp³-hybridized carbons (Fsp3) is 0.207. The van der Waals surface area contributed by atoms with Crippen molar-refractivity contribution in [2.75, 3.05) is 28.4 Å². The Hall–Kier alpha value is -3.99. The summed E-state index contributed by atoms with van der Waals surface area (Å²) in [4.78, 5) is 0. The van der Waals surface area contributed by atoms with Crippen molar-refractivity contribution >= 4 is 32.4 Å². The third kappa shape index (κ3) is 3.36. The Morgan fingerprint density at radius 2 is 1.29 bits per heavy atom. The van der Waals surface area contributed by atoms with Gasteiger partial charge < -0.3 is 18.9 Å². The van der Waals surface area contributed by atoms with Crippen LogP contribution in [0.1, 0.15) is 11.1 Å². The summed E-state index contributed by atoms with van der Waals surface area (Å²) in [5.41, 5.74) is 3.44. The van der Waals surface area contributed by atoms with E-state index in [4.69, 9.17) is 18.9 Å². The van der Waals surface area contributed by atoms with Gasteiger partial charge >= 0.3 is 0 Å². The average molecular weight is 455 g/mol. The Morgan fingerprint density at radius 1 is 0.618 bits per heavy atom. The molecular formula is C29H28NO4+. The number of benzene rings is 4. The molecule has 0 atom stereocenters. The largest absolute Gasteiger partial charge is 0.493 e. The fourth-order valence-electron chi connectivity index (χ4n) is 5.01. The van der Waals surface area contributed by atoms with Gasteiger partial charge in [0, 0.05) is 17.4 Å². The molecule has 5 aromatic rings. The highest BCUT2D eigenvalue weighted by atomic mass is 16.5. The standard InChI is InChI=1S/C29H28NO4/c1-30-17-24-19(13-14-25(31-2)29(24)34-5)21-12-11-20-22(27(21)30)16-26(32-3)28(33-4)23(20)15-18-9-7-6-8-10-18/h6-14,16-17H,15H2,1-5H3/q+1. The van der Waals surface area contributed by atoms with Gasteiger partial charge in [0.05, 0.1) is 44.6 Å². The fourth-order valence-corrected chi connectivity index (χ4v) is 5.01. The number of methoxy groups -OCH3 is 4. The predicted octanol–water partition coefficient (Wildman–Crippen LogP) is 5.60. The highest BCUT2D eigenvalue weighted by Crippen LogP contribution is 2.43. The number of hydrogen-bond acceptors (Lipinski definition) is 4. The van der Waals surface area contributed by atoms with Crippen molar-refractivity contribution < 1.29 is 23.5 Å². The lowest BCUT2D eigenvalue weighted by Crippen LogP contribution is -2.28. The lowest BCUT2D eigenvalue weighted by molar-refractivity contribution is -0.642. The monoisotopic (exact) mass is 454 g/mol. The zero-order valence-corrected chi connectivity index (χ0v) is 20.1. The number of nitrogens with zero attached hydrogens (tertiary/aromatic N) is 1. The maximum absolute atomic E-state index is 5.85. The number of rotatable bonds is 6. The van der Waals surface area contributed by atoms with Crippen molar-refractivity contribution in [3.8, 4) is 23.0 Å². The summed E-state index contributed by atoms with van der Waals surface area (Å²) in [6.07, 6.45) is 2.84. The number of aryl methyl sites for hydroxylation is 1. The van der Waals surface area contributed by atoms with E-state index in [0.717, 1.165) is 61.7 Å². The first kappa shape index (κ1) is 21.8. The van der Waals surface area contributed by atoms with E-state index in [1.54, 1.807) is 28.4 Å². The van der Waals surface area contributed by atoms with E-state index in [1.807, 2.05) is 12.1 Å². The molecule has 0 aliphatic rings. The minimum Gasteiger partial charge on any atom is -0.493 e. The van der Waals surface area contributed by atoms with Crippen LogP contribution < -0.4 is 23.5 Å². The van der Waals surface area contributed by atoms with Gasteiger partial charge in [0.25, 0.3) is 0 Å². The van der Waals surface area contributed by atoms with Gasteiger partial charge in [-0.25, -0.2) is 0 Å². The molecule has 172 valence electrons. The number of fused-ring (bicyclic) bond motifs is 5. The summed E-state index contributed by atoms with van der Waals surface area (Å²) in [5, 5.41) is 5.49. The summed E-state index contributed by atoms with van der Waals surface area (Å²) < 4.78 is 25.0. The van der Waals surface area contributed by atoms with Gasteiger partial charge in [-0.15, -0.1) is 0 Å². The SMILES string of the molecule is COc1cc2c(ccc3c4ccc(OC)c(OC)c4c[n+](C)c23)c(Cc2ccccc2)c1OC. The smallest absolute Gasteiger partial charge is 0.220 e. The second kappa shape index (κ2) is 8.75. The summed E-state index contributed by atoms with van der Waals surface area (Å²) in [6, 6.07) is 20.9. The molecule has 0 unspecified atom stereocenters. The topological polar surface area (TPSA) is 40.8 Å². The molecule has 0 fully saturated rings. The van der Waals surface area contributed by atoms with Crippen LogP contribution in [0.4, 0.5) is 0 Å². The van der Waals surface area contributed by atoms with Gasteiger partial charge in [0.2, 0.25) is 5.52 Å². The Labute approximate surface area is 199 Å². The Kier molecular flexibility index (Phi) is 5.62. The normalized spacial score (nSPS) is 11.2. The van der Waals surface area contributed by atoms with Crippen LogP contribution >= 0.6 is 0 Å². The molecule has 0 saturated carbocycles. The molecule has 0 aliphatic carbocycles. The minimum absolute atomic E-state index is 0.715. The average Bonchev–Trinajstić information content (AvgIpc) is 2.87. The minimum atomic E-state index is 0.715. The molecule has 0 radical (unpaired) electrons. The third-order valence-corrected chi connectivity index (χ3v) is 6.51. The summed E-state index contributed by atoms with van der Waals surface area (Å²) >= 11 is 0. The highest BCUT2D eigenvalue weighted by molar-refractivity contribution is 6.15. The summed E-state index contributed by atoms with van der Waals surface area (Å²) in [5.74, 6) is 2.94. The maximum atomic E-state index is 5.85. The zero-order chi connectivity index (χ0) is 23.8. The quantitative estimate of drug-likeness (QED) is 0.248. The highest BCUT2D eigenvalue weighted by Gasteiger charge is 2.23. The van der Waals surface area contributed by atoms with E-state index >= 15 is 0 Å². The first-order chi connectivity index (χ1) is 16.6. The van der Waals surface area contributed by atoms with Crippen LogP contribution in [-0.4, -0.2) is 28.4 Å². The molecular weight excluding hydrogens is 426 g/mol. The number of aromatic nitrogens is 1. The molecule has 0 saturated heterocycles. The molecule has 0 spiro atoms. The van der Waals surface area contributed by atoms with E-state index in [9.17, 15) is 0 Å². The van der Waals surface area contributed by atoms with Crippen molar-refractivity contribution in [2.24, 2.45) is 7.05 Å². The Morgan fingerprint density at radius 3 is 1.97 bits per heavy atom. The lowest BCUT2D eigenvalue weighted by atomic mass is 9.93. The van der Waals surface area contributed by atoms with Crippen LogP contribution in [0.3, 0.4) is 0 Å². The van der Waals surface area contributed by atoms with E-state index < -0.39 is 0 Å². The second-order valence-corrected chi connectivity index (χ2v) is 8.31. The van der Waals surface area contributed by atoms with Crippen molar-refractivity contribution in [3.05, 3.63) is 78.0 Å². The molecule has 5 heteroatoms. The zero-order valence-electron chi connectivity index (χ0n) is 20.1. The van der Waals surface area contributed by atoms with Crippen LogP contribution in [0, 0.1) is 0 Å². The summed E-state index contributed by atoms with van der Waals surface area (Å²) in [7, 11) is 8.79. The number of hydrogen-bond donors (Lipinski definition) is 0. The van der Waals surface area contributed by atoms with E-state index in [2.05, 4.69) is 66.3 Å². The van der Waals surface area contributed by atoms with Crippen molar-refractivity contribution in [1.29, 1.82) is 0 Å². The maximum Gasteiger partial charge on any atom is 0.220 e. The van der Waals surface area contributed by atoms with Gasteiger partial charge in [-0.2, -0.15) is 4.57 Å². The first-order valence-electron chi connectivity index (χ1n) is 11.2. The molecule has 4 aromatic carbocycles. The second-order valence-electron chi connectivity index (χ2n) is 8.31. The van der Waals surface area contributed by atoms with Crippen molar-refractivity contribution in [3.63, 3.8) is 0 Å². The Bertz CT molecular complexity index is 1530. The summed E-state index contributed by atoms with van der Waals surface area (Å²) in [6.45, 7) is 0. The molecule has 0 aliphatic heterocycles. The molecule has 5 rings (SSSR count). The van der Waals surface area contributed by atoms with E-state index in [0.29, 0.717) is 5.75 Å². The molecule has 5 nitrogen and oxygen atoms in total. The predicted molar refractivity (Wildman–Crippen MR) is 136 cm³/mol. The van der Waals surface area contributed by atoms with Gasteiger partial charge in [0.1, 0.15) is 7.05 Å². The van der Waals surface area contributed by atoms with Crippen LogP contribution in [0.15, 0.2) is 66.9 Å². The van der Waals surface area contributed by atoms with Gasteiger partial charge in [-0.1, -0.05) is 36.4 Å². The third-order valence-electron chi connectivity index (χ3n) is 6.51. The van der Waals surface area contributed by atoms with E-state index in [1.165, 1.54) is 5.56 Å². The number of pyridine rings is 1. The van der Waals surface area contributed by atoms with Crippen molar-refractivity contribution in [2.45, 2.75) is 6.42 Å². The van der Waals surface area contributed by atoms with Crippen LogP contribution in [0.25, 0.3) is 32.4 Å². The Balaban J connectivity index is 1.89. The molecule has 0 N–H and O–H groups in total. The van der Waals surface area contributed by atoms with Gasteiger partial charge in [-0.3, -0.25) is 0 Å². The van der Waals surface area contributed by atoms with Gasteiger partial charge in [-0.05, 0) is 35.2 Å². The van der Waals surface area contributed by atoms with E-state index in [-0.39, 0.29) is 0 Å². The van der Waals surface area contributed by atoms with Crippen molar-refractivity contribution in [1.82, 2.24) is 0 Å². The van der Waals surface area contributed by atoms with Gasteiger partial charge in [0.15, 0.2) is 29.2 Å². The molecule has 0 bridgehead atoms.